The standard InChI is InChI=1S/C12H20ClNS/c1-3-12(4-2,10-13)14-8-7-11-6-5-9-15-11/h5-6,9,14H,3-4,7-8,10H2,1-2H3. The second kappa shape index (κ2) is 6.51. The van der Waals surface area contributed by atoms with Crippen molar-refractivity contribution in [2.75, 3.05) is 12.4 Å². The second-order valence-corrected chi connectivity index (χ2v) is 5.18. The quantitative estimate of drug-likeness (QED) is 0.723. The molecule has 0 aromatic carbocycles. The minimum Gasteiger partial charge on any atom is -0.310 e. The number of thiophene rings is 1. The lowest BCUT2D eigenvalue weighted by Crippen LogP contribution is -2.46. The van der Waals surface area contributed by atoms with E-state index in [1.807, 2.05) is 11.3 Å². The first-order valence-corrected chi connectivity index (χ1v) is 7.01. The van der Waals surface area contributed by atoms with Gasteiger partial charge in [-0.05, 0) is 30.7 Å². The Hall–Kier alpha value is -0.0500. The van der Waals surface area contributed by atoms with Gasteiger partial charge in [-0.3, -0.25) is 0 Å². The summed E-state index contributed by atoms with van der Waals surface area (Å²) >= 11 is 7.85. The van der Waals surface area contributed by atoms with E-state index >= 15 is 0 Å². The molecule has 3 heteroatoms. The number of nitrogens with one attached hydrogen (secondary N) is 1. The molecule has 0 unspecified atom stereocenters. The number of halogens is 1. The second-order valence-electron chi connectivity index (χ2n) is 3.88. The van der Waals surface area contributed by atoms with Crippen molar-refractivity contribution in [2.45, 2.75) is 38.6 Å². The van der Waals surface area contributed by atoms with Gasteiger partial charge in [0.1, 0.15) is 0 Å². The molecule has 0 spiro atoms. The van der Waals surface area contributed by atoms with Gasteiger partial charge >= 0.3 is 0 Å². The van der Waals surface area contributed by atoms with Crippen molar-refractivity contribution in [3.05, 3.63) is 22.4 Å². The molecule has 86 valence electrons. The fourth-order valence-electron chi connectivity index (χ4n) is 1.64. The Morgan fingerprint density at radius 2 is 2.13 bits per heavy atom. The average Bonchev–Trinajstić information content (AvgIpc) is 2.78. The van der Waals surface area contributed by atoms with Gasteiger partial charge < -0.3 is 5.32 Å². The minimum absolute atomic E-state index is 0.138. The smallest absolute Gasteiger partial charge is 0.0405 e. The zero-order valence-corrected chi connectivity index (χ0v) is 11.1. The van der Waals surface area contributed by atoms with Gasteiger partial charge in [0.15, 0.2) is 0 Å². The topological polar surface area (TPSA) is 12.0 Å². The van der Waals surface area contributed by atoms with Crippen LogP contribution in [0.5, 0.6) is 0 Å². The molecule has 0 saturated heterocycles. The summed E-state index contributed by atoms with van der Waals surface area (Å²) < 4.78 is 0. The Morgan fingerprint density at radius 3 is 2.60 bits per heavy atom. The summed E-state index contributed by atoms with van der Waals surface area (Å²) in [4.78, 5) is 1.44. The van der Waals surface area contributed by atoms with Gasteiger partial charge in [0.25, 0.3) is 0 Å². The molecule has 0 amide bonds. The predicted molar refractivity (Wildman–Crippen MR) is 70.1 cm³/mol. The van der Waals surface area contributed by atoms with Gasteiger partial charge in [0, 0.05) is 22.8 Å². The maximum Gasteiger partial charge on any atom is 0.0405 e. The monoisotopic (exact) mass is 245 g/mol. The van der Waals surface area contributed by atoms with Crippen molar-refractivity contribution >= 4 is 22.9 Å². The lowest BCUT2D eigenvalue weighted by molar-refractivity contribution is 0.339. The molecule has 0 fully saturated rings. The molecule has 1 rings (SSSR count). The van der Waals surface area contributed by atoms with Gasteiger partial charge in [0.05, 0.1) is 0 Å². The molecule has 1 aromatic rings. The van der Waals surface area contributed by atoms with Crippen molar-refractivity contribution in [3.63, 3.8) is 0 Å². The van der Waals surface area contributed by atoms with Gasteiger partial charge in [-0.1, -0.05) is 19.9 Å². The van der Waals surface area contributed by atoms with Crippen LogP contribution in [0.2, 0.25) is 0 Å². The number of rotatable bonds is 7. The van der Waals surface area contributed by atoms with Gasteiger partial charge in [-0.25, -0.2) is 0 Å². The van der Waals surface area contributed by atoms with E-state index in [-0.39, 0.29) is 5.54 Å². The Morgan fingerprint density at radius 1 is 1.40 bits per heavy atom. The van der Waals surface area contributed by atoms with Crippen molar-refractivity contribution in [1.82, 2.24) is 5.32 Å². The molecule has 1 nitrogen and oxygen atoms in total. The molecular weight excluding hydrogens is 226 g/mol. The van der Waals surface area contributed by atoms with E-state index in [9.17, 15) is 0 Å². The van der Waals surface area contributed by atoms with Crippen LogP contribution in [0, 0.1) is 0 Å². The highest BCUT2D eigenvalue weighted by molar-refractivity contribution is 7.09. The number of hydrogen-bond donors (Lipinski definition) is 1. The Balaban J connectivity index is 2.34. The van der Waals surface area contributed by atoms with Gasteiger partial charge in [0.2, 0.25) is 0 Å². The van der Waals surface area contributed by atoms with E-state index < -0.39 is 0 Å². The maximum atomic E-state index is 6.03. The van der Waals surface area contributed by atoms with Gasteiger partial charge in [-0.2, -0.15) is 0 Å². The highest BCUT2D eigenvalue weighted by Crippen LogP contribution is 2.17. The van der Waals surface area contributed by atoms with Crippen molar-refractivity contribution in [1.29, 1.82) is 0 Å². The Kier molecular flexibility index (Phi) is 5.65. The summed E-state index contributed by atoms with van der Waals surface area (Å²) in [6.07, 6.45) is 3.30. The van der Waals surface area contributed by atoms with Crippen molar-refractivity contribution in [3.8, 4) is 0 Å². The summed E-state index contributed by atoms with van der Waals surface area (Å²) in [7, 11) is 0. The van der Waals surface area contributed by atoms with E-state index in [1.165, 1.54) is 4.88 Å². The van der Waals surface area contributed by atoms with Crippen LogP contribution in [0.4, 0.5) is 0 Å². The highest BCUT2D eigenvalue weighted by atomic mass is 35.5. The van der Waals surface area contributed by atoms with Gasteiger partial charge in [-0.15, -0.1) is 22.9 Å². The lowest BCUT2D eigenvalue weighted by atomic mass is 9.95. The minimum atomic E-state index is 0.138. The van der Waals surface area contributed by atoms with E-state index in [2.05, 4.69) is 36.7 Å². The zero-order valence-electron chi connectivity index (χ0n) is 9.55. The molecule has 0 saturated carbocycles. The van der Waals surface area contributed by atoms with Crippen LogP contribution in [0.25, 0.3) is 0 Å². The van der Waals surface area contributed by atoms with Crippen LogP contribution >= 0.6 is 22.9 Å². The Labute approximate surface area is 102 Å². The van der Waals surface area contributed by atoms with E-state index in [1.54, 1.807) is 0 Å². The molecule has 0 aliphatic heterocycles. The first-order valence-electron chi connectivity index (χ1n) is 5.59. The average molecular weight is 246 g/mol. The fraction of sp³-hybridized carbons (Fsp3) is 0.667. The Bertz CT molecular complexity index is 246. The van der Waals surface area contributed by atoms with Crippen LogP contribution in [-0.2, 0) is 6.42 Å². The molecule has 0 aliphatic rings. The van der Waals surface area contributed by atoms with Crippen LogP contribution in [0.3, 0.4) is 0 Å². The highest BCUT2D eigenvalue weighted by Gasteiger charge is 2.23. The molecule has 1 N–H and O–H groups in total. The number of hydrogen-bond acceptors (Lipinski definition) is 2. The molecule has 15 heavy (non-hydrogen) atoms. The first kappa shape index (κ1) is 13.0. The van der Waals surface area contributed by atoms with Crippen LogP contribution in [-0.4, -0.2) is 18.0 Å². The SMILES string of the molecule is CCC(CC)(CCl)NCCc1cccs1. The normalized spacial score (nSPS) is 11.9. The molecule has 1 aromatic heterocycles. The molecule has 0 atom stereocenters. The fourth-order valence-corrected chi connectivity index (χ4v) is 2.82. The summed E-state index contributed by atoms with van der Waals surface area (Å²) in [5.74, 6) is 0.699. The molecular formula is C12H20ClNS. The van der Waals surface area contributed by atoms with Crippen LogP contribution in [0.1, 0.15) is 31.6 Å². The van der Waals surface area contributed by atoms with Crippen LogP contribution in [0.15, 0.2) is 17.5 Å². The summed E-state index contributed by atoms with van der Waals surface area (Å²) in [5, 5.41) is 5.72. The molecule has 0 aliphatic carbocycles. The summed E-state index contributed by atoms with van der Waals surface area (Å²) in [5.41, 5.74) is 0.138. The third-order valence-corrected chi connectivity index (χ3v) is 4.51. The molecule has 1 heterocycles. The molecule has 0 radical (unpaired) electrons. The zero-order chi connectivity index (χ0) is 11.1. The van der Waals surface area contributed by atoms with E-state index in [4.69, 9.17) is 11.6 Å². The number of alkyl halides is 1. The van der Waals surface area contributed by atoms with Crippen molar-refractivity contribution < 1.29 is 0 Å². The summed E-state index contributed by atoms with van der Waals surface area (Å²) in [6, 6.07) is 4.29. The van der Waals surface area contributed by atoms with E-state index in [0.717, 1.165) is 25.8 Å². The molecule has 0 bridgehead atoms. The van der Waals surface area contributed by atoms with Crippen molar-refractivity contribution in [2.24, 2.45) is 0 Å². The maximum absolute atomic E-state index is 6.03. The van der Waals surface area contributed by atoms with E-state index in [0.29, 0.717) is 5.88 Å². The first-order chi connectivity index (χ1) is 7.26. The third kappa shape index (κ3) is 3.78. The largest absolute Gasteiger partial charge is 0.310 e. The van der Waals surface area contributed by atoms with Crippen LogP contribution < -0.4 is 5.32 Å². The third-order valence-electron chi connectivity index (χ3n) is 3.06. The lowest BCUT2D eigenvalue weighted by Gasteiger charge is -2.30. The predicted octanol–water partition coefficient (Wildman–Crippen LogP) is 3.68. The summed E-state index contributed by atoms with van der Waals surface area (Å²) in [6.45, 7) is 5.42.